The summed E-state index contributed by atoms with van der Waals surface area (Å²) in [6.07, 6.45) is 0. The molecule has 0 saturated heterocycles. The van der Waals surface area contributed by atoms with Gasteiger partial charge in [-0.05, 0) is 28.7 Å². The number of hydrogen-bond donors (Lipinski definition) is 0. The van der Waals surface area contributed by atoms with E-state index in [1.807, 2.05) is 12.1 Å². The largest absolute Gasteiger partial charge is 0.337 e. The minimum absolute atomic E-state index is 0.0325. The van der Waals surface area contributed by atoms with E-state index in [-0.39, 0.29) is 27.5 Å². The van der Waals surface area contributed by atoms with Crippen molar-refractivity contribution in [1.29, 1.82) is 0 Å². The van der Waals surface area contributed by atoms with E-state index >= 15 is 0 Å². The Kier molecular flexibility index (Phi) is 5.91. The zero-order valence-corrected chi connectivity index (χ0v) is 16.9. The van der Waals surface area contributed by atoms with E-state index < -0.39 is 9.84 Å². The first kappa shape index (κ1) is 20.2. The van der Waals surface area contributed by atoms with Crippen LogP contribution in [0.2, 0.25) is 0 Å². The second-order valence-corrected chi connectivity index (χ2v) is 9.75. The Hall–Kier alpha value is -2.14. The van der Waals surface area contributed by atoms with Crippen molar-refractivity contribution in [3.05, 3.63) is 65.2 Å². The number of nitrogens with zero attached hydrogens (tertiary/aromatic N) is 1. The van der Waals surface area contributed by atoms with Crippen molar-refractivity contribution in [2.24, 2.45) is 0 Å². The Morgan fingerprint density at radius 3 is 2.12 bits per heavy atom. The van der Waals surface area contributed by atoms with Gasteiger partial charge in [0.2, 0.25) is 0 Å². The Bertz CT molecular complexity index is 878. The van der Waals surface area contributed by atoms with Gasteiger partial charge in [0.25, 0.3) is 5.91 Å². The molecule has 0 radical (unpaired) electrons. The fourth-order valence-corrected chi connectivity index (χ4v) is 3.82. The second kappa shape index (κ2) is 7.62. The molecular formula is C21H27NO3S. The van der Waals surface area contributed by atoms with Crippen LogP contribution in [0.4, 0.5) is 0 Å². The van der Waals surface area contributed by atoms with Gasteiger partial charge >= 0.3 is 0 Å². The van der Waals surface area contributed by atoms with E-state index in [1.54, 1.807) is 37.1 Å². The number of carbonyl (C=O) groups excluding carboxylic acids is 1. The summed E-state index contributed by atoms with van der Waals surface area (Å²) in [5.74, 6) is -0.326. The van der Waals surface area contributed by atoms with Crippen molar-refractivity contribution in [2.75, 3.05) is 12.8 Å². The molecule has 0 spiro atoms. The highest BCUT2D eigenvalue weighted by Crippen LogP contribution is 2.23. The van der Waals surface area contributed by atoms with Crippen LogP contribution >= 0.6 is 0 Å². The molecule has 140 valence electrons. The van der Waals surface area contributed by atoms with Gasteiger partial charge in [-0.15, -0.1) is 0 Å². The number of rotatable bonds is 5. The van der Waals surface area contributed by atoms with Crippen LogP contribution in [0.25, 0.3) is 0 Å². The molecule has 0 N–H and O–H groups in total. The fraction of sp³-hybridized carbons (Fsp3) is 0.381. The summed E-state index contributed by atoms with van der Waals surface area (Å²) in [5.41, 5.74) is 2.54. The highest BCUT2D eigenvalue weighted by Gasteiger charge is 2.23. The predicted molar refractivity (Wildman–Crippen MR) is 105 cm³/mol. The lowest BCUT2D eigenvalue weighted by molar-refractivity contribution is 0.0781. The predicted octanol–water partition coefficient (Wildman–Crippen LogP) is 4.05. The average molecular weight is 374 g/mol. The van der Waals surface area contributed by atoms with Crippen LogP contribution in [0.1, 0.15) is 49.2 Å². The molecule has 5 heteroatoms. The zero-order valence-electron chi connectivity index (χ0n) is 16.1. The molecule has 0 unspecified atom stereocenters. The maximum Gasteiger partial charge on any atom is 0.255 e. The van der Waals surface area contributed by atoms with Gasteiger partial charge in [-0.2, -0.15) is 0 Å². The van der Waals surface area contributed by atoms with Crippen LogP contribution < -0.4 is 0 Å². The summed E-state index contributed by atoms with van der Waals surface area (Å²) >= 11 is 0. The first-order valence-corrected chi connectivity index (χ1v) is 10.4. The van der Waals surface area contributed by atoms with E-state index in [0.29, 0.717) is 6.54 Å². The summed E-state index contributed by atoms with van der Waals surface area (Å²) < 4.78 is 24.5. The van der Waals surface area contributed by atoms with E-state index in [0.717, 1.165) is 5.56 Å². The normalized spacial score (nSPS) is 12.0. The lowest BCUT2D eigenvalue weighted by Gasteiger charge is -2.21. The summed E-state index contributed by atoms with van der Waals surface area (Å²) in [7, 11) is -1.76. The second-order valence-electron chi connectivity index (χ2n) is 7.51. The number of amides is 1. The Morgan fingerprint density at radius 1 is 1.00 bits per heavy atom. The summed E-state index contributed by atoms with van der Waals surface area (Å²) in [6.45, 7) is 8.47. The minimum Gasteiger partial charge on any atom is -0.337 e. The Labute approximate surface area is 156 Å². The molecule has 0 bridgehead atoms. The molecule has 0 aliphatic heterocycles. The van der Waals surface area contributed by atoms with Crippen molar-refractivity contribution in [1.82, 2.24) is 4.90 Å². The van der Waals surface area contributed by atoms with Gasteiger partial charge in [0, 0.05) is 13.6 Å². The van der Waals surface area contributed by atoms with Crippen molar-refractivity contribution in [2.45, 2.75) is 44.6 Å². The van der Waals surface area contributed by atoms with Gasteiger partial charge in [0.1, 0.15) is 0 Å². The first-order valence-electron chi connectivity index (χ1n) is 8.73. The third-order valence-electron chi connectivity index (χ3n) is 4.42. The third kappa shape index (κ3) is 4.52. The molecule has 0 saturated carbocycles. The SMILES string of the molecule is CCS(=O)(=O)c1ccccc1C(=O)N(C)Cc1ccc(C(C)(C)C)cc1. The molecule has 0 aliphatic carbocycles. The van der Waals surface area contributed by atoms with Gasteiger partial charge in [0.15, 0.2) is 9.84 Å². The van der Waals surface area contributed by atoms with Crippen molar-refractivity contribution >= 4 is 15.7 Å². The third-order valence-corrected chi connectivity index (χ3v) is 6.21. The Morgan fingerprint density at radius 2 is 1.58 bits per heavy atom. The number of benzene rings is 2. The highest BCUT2D eigenvalue weighted by molar-refractivity contribution is 7.91. The van der Waals surface area contributed by atoms with E-state index in [1.165, 1.54) is 11.6 Å². The maximum atomic E-state index is 12.8. The Balaban J connectivity index is 2.24. The van der Waals surface area contributed by atoms with Gasteiger partial charge in [-0.1, -0.05) is 64.1 Å². The van der Waals surface area contributed by atoms with E-state index in [4.69, 9.17) is 0 Å². The highest BCUT2D eigenvalue weighted by atomic mass is 32.2. The number of hydrogen-bond acceptors (Lipinski definition) is 3. The van der Waals surface area contributed by atoms with Crippen LogP contribution in [0.15, 0.2) is 53.4 Å². The first-order chi connectivity index (χ1) is 12.1. The van der Waals surface area contributed by atoms with Crippen LogP contribution in [0.3, 0.4) is 0 Å². The van der Waals surface area contributed by atoms with Gasteiger partial charge < -0.3 is 4.90 Å². The maximum absolute atomic E-state index is 12.8. The van der Waals surface area contributed by atoms with Crippen molar-refractivity contribution in [3.8, 4) is 0 Å². The molecule has 0 aromatic heterocycles. The van der Waals surface area contributed by atoms with Crippen LogP contribution in [-0.2, 0) is 21.8 Å². The molecule has 4 nitrogen and oxygen atoms in total. The minimum atomic E-state index is -3.45. The molecule has 2 aromatic carbocycles. The van der Waals surface area contributed by atoms with E-state index in [2.05, 4.69) is 32.9 Å². The standard InChI is InChI=1S/C21H27NO3S/c1-6-26(24,25)19-10-8-7-9-18(19)20(23)22(5)15-16-11-13-17(14-12-16)21(2,3)4/h7-14H,6,15H2,1-5H3. The fourth-order valence-electron chi connectivity index (χ4n) is 2.73. The molecule has 26 heavy (non-hydrogen) atoms. The van der Waals surface area contributed by atoms with Crippen LogP contribution in [-0.4, -0.2) is 32.0 Å². The zero-order chi connectivity index (χ0) is 19.5. The van der Waals surface area contributed by atoms with Crippen molar-refractivity contribution in [3.63, 3.8) is 0 Å². The summed E-state index contributed by atoms with van der Waals surface area (Å²) in [6, 6.07) is 14.6. The molecule has 0 atom stereocenters. The lowest BCUT2D eigenvalue weighted by atomic mass is 9.87. The molecular weight excluding hydrogens is 346 g/mol. The monoisotopic (exact) mass is 373 g/mol. The van der Waals surface area contributed by atoms with Crippen molar-refractivity contribution < 1.29 is 13.2 Å². The van der Waals surface area contributed by atoms with Gasteiger partial charge in [-0.25, -0.2) is 8.42 Å². The number of carbonyl (C=O) groups is 1. The van der Waals surface area contributed by atoms with Gasteiger partial charge in [-0.3, -0.25) is 4.79 Å². The molecule has 0 heterocycles. The summed E-state index contributed by atoms with van der Waals surface area (Å²) in [4.78, 5) is 14.5. The van der Waals surface area contributed by atoms with Crippen LogP contribution in [0.5, 0.6) is 0 Å². The van der Waals surface area contributed by atoms with E-state index in [9.17, 15) is 13.2 Å². The molecule has 1 amide bonds. The molecule has 2 rings (SSSR count). The lowest BCUT2D eigenvalue weighted by Crippen LogP contribution is -2.28. The summed E-state index contributed by atoms with van der Waals surface area (Å²) in [5, 5.41) is 0. The topological polar surface area (TPSA) is 54.5 Å². The molecule has 0 fully saturated rings. The molecule has 0 aliphatic rings. The van der Waals surface area contributed by atoms with Crippen LogP contribution in [0, 0.1) is 0 Å². The quantitative estimate of drug-likeness (QED) is 0.794. The smallest absolute Gasteiger partial charge is 0.255 e. The average Bonchev–Trinajstić information content (AvgIpc) is 2.60. The van der Waals surface area contributed by atoms with Gasteiger partial charge in [0.05, 0.1) is 16.2 Å². The number of sulfone groups is 1. The molecule has 2 aromatic rings.